The van der Waals surface area contributed by atoms with Gasteiger partial charge in [0.05, 0.1) is 23.8 Å². The van der Waals surface area contributed by atoms with Crippen LogP contribution in [0.4, 0.5) is 11.4 Å². The Balaban J connectivity index is 1.20. The van der Waals surface area contributed by atoms with E-state index in [-0.39, 0.29) is 6.10 Å². The van der Waals surface area contributed by atoms with Crippen molar-refractivity contribution in [2.24, 2.45) is 0 Å². The van der Waals surface area contributed by atoms with E-state index in [1.807, 2.05) is 12.1 Å². The molecule has 0 unspecified atom stereocenters. The standard InChI is InChI=1S/C28H32N6O/c1-19-16-33(27-7-5-21(13-29)28-26(27)3-2-8-31-28)18-24-12-20-4-6-23(11-22(20)17-34(19)24)32-15-25-14-30-9-10-35-25/h2-8,11,19,24-25,30,32H,9-10,12,14-18H2,1H3/t19-,24+,25-/m1/s1. The lowest BCUT2D eigenvalue weighted by Crippen LogP contribution is -2.59. The van der Waals surface area contributed by atoms with Gasteiger partial charge in [-0.25, -0.2) is 0 Å². The molecule has 0 saturated carbocycles. The number of pyridine rings is 1. The first kappa shape index (κ1) is 22.3. The minimum atomic E-state index is 0.228. The average Bonchev–Trinajstić information content (AvgIpc) is 2.91. The number of nitrogens with zero attached hydrogens (tertiary/aromatic N) is 4. The van der Waals surface area contributed by atoms with Gasteiger partial charge >= 0.3 is 0 Å². The molecular formula is C28H32N6O. The fourth-order valence-electron chi connectivity index (χ4n) is 5.92. The van der Waals surface area contributed by atoms with Gasteiger partial charge in [0.25, 0.3) is 0 Å². The highest BCUT2D eigenvalue weighted by atomic mass is 16.5. The summed E-state index contributed by atoms with van der Waals surface area (Å²) in [5, 5.41) is 17.6. The van der Waals surface area contributed by atoms with Crippen molar-refractivity contribution in [2.45, 2.75) is 38.1 Å². The number of anilines is 2. The van der Waals surface area contributed by atoms with Gasteiger partial charge in [0.1, 0.15) is 6.07 Å². The van der Waals surface area contributed by atoms with Crippen molar-refractivity contribution < 1.29 is 4.74 Å². The normalized spacial score (nSPS) is 24.5. The van der Waals surface area contributed by atoms with Gasteiger partial charge in [-0.05, 0) is 60.9 Å². The zero-order valence-electron chi connectivity index (χ0n) is 20.2. The average molecular weight is 469 g/mol. The molecule has 4 heterocycles. The van der Waals surface area contributed by atoms with Gasteiger partial charge in [0.2, 0.25) is 0 Å². The third-order valence-corrected chi connectivity index (χ3v) is 7.71. The third-order valence-electron chi connectivity index (χ3n) is 7.71. The van der Waals surface area contributed by atoms with Crippen LogP contribution >= 0.6 is 0 Å². The molecule has 2 N–H and O–H groups in total. The maximum atomic E-state index is 9.52. The van der Waals surface area contributed by atoms with Crippen LogP contribution in [0.2, 0.25) is 0 Å². The van der Waals surface area contributed by atoms with Crippen LogP contribution in [0.3, 0.4) is 0 Å². The summed E-state index contributed by atoms with van der Waals surface area (Å²) in [7, 11) is 0. The minimum Gasteiger partial charge on any atom is -0.382 e. The Labute approximate surface area is 206 Å². The minimum absolute atomic E-state index is 0.228. The van der Waals surface area contributed by atoms with Crippen LogP contribution in [-0.4, -0.2) is 67.4 Å². The van der Waals surface area contributed by atoms with Gasteiger partial charge in [0, 0.05) is 74.3 Å². The Morgan fingerprint density at radius 3 is 3.00 bits per heavy atom. The van der Waals surface area contributed by atoms with Crippen molar-refractivity contribution >= 4 is 22.3 Å². The third kappa shape index (κ3) is 4.34. The molecule has 7 heteroatoms. The molecule has 3 aromatic rings. The van der Waals surface area contributed by atoms with Crippen molar-refractivity contribution in [3.05, 3.63) is 65.4 Å². The summed E-state index contributed by atoms with van der Waals surface area (Å²) in [5.74, 6) is 0. The highest BCUT2D eigenvalue weighted by Gasteiger charge is 2.36. The first-order valence-corrected chi connectivity index (χ1v) is 12.7. The molecule has 6 rings (SSSR count). The van der Waals surface area contributed by atoms with Crippen molar-refractivity contribution in [2.75, 3.05) is 49.5 Å². The van der Waals surface area contributed by atoms with Crippen molar-refractivity contribution in [3.8, 4) is 6.07 Å². The molecule has 180 valence electrons. The van der Waals surface area contributed by atoms with Gasteiger partial charge in [-0.2, -0.15) is 5.26 Å². The summed E-state index contributed by atoms with van der Waals surface area (Å²) in [6.45, 7) is 8.74. The van der Waals surface area contributed by atoms with Crippen molar-refractivity contribution in [1.82, 2.24) is 15.2 Å². The number of hydrogen-bond donors (Lipinski definition) is 2. The first-order valence-electron chi connectivity index (χ1n) is 12.7. The number of morpholine rings is 1. The van der Waals surface area contributed by atoms with E-state index in [2.05, 4.69) is 68.7 Å². The van der Waals surface area contributed by atoms with Gasteiger partial charge in [-0.3, -0.25) is 9.88 Å². The van der Waals surface area contributed by atoms with Crippen molar-refractivity contribution in [3.63, 3.8) is 0 Å². The molecule has 2 saturated heterocycles. The quantitative estimate of drug-likeness (QED) is 0.609. The molecule has 0 aliphatic carbocycles. The summed E-state index contributed by atoms with van der Waals surface area (Å²) < 4.78 is 5.83. The SMILES string of the molecule is C[C@@H]1CN(c2ccc(C#N)c3ncccc23)C[C@@H]2Cc3ccc(NC[C@H]4CNCCO4)cc3CN21. The summed E-state index contributed by atoms with van der Waals surface area (Å²) in [6, 6.07) is 18.1. The Hall–Kier alpha value is -3.18. The highest BCUT2D eigenvalue weighted by Crippen LogP contribution is 2.35. The van der Waals surface area contributed by atoms with Crippen molar-refractivity contribution in [1.29, 1.82) is 5.26 Å². The summed E-state index contributed by atoms with van der Waals surface area (Å²) in [5.41, 5.74) is 6.68. The van der Waals surface area contributed by atoms with E-state index < -0.39 is 0 Å². The molecule has 2 aromatic carbocycles. The van der Waals surface area contributed by atoms with E-state index in [4.69, 9.17) is 4.74 Å². The lowest BCUT2D eigenvalue weighted by atomic mass is 9.89. The zero-order valence-corrected chi connectivity index (χ0v) is 20.2. The van der Waals surface area contributed by atoms with Crippen LogP contribution < -0.4 is 15.5 Å². The molecule has 35 heavy (non-hydrogen) atoms. The lowest BCUT2D eigenvalue weighted by Gasteiger charge is -2.49. The van der Waals surface area contributed by atoms with Gasteiger partial charge in [-0.1, -0.05) is 6.07 Å². The van der Waals surface area contributed by atoms with Gasteiger partial charge < -0.3 is 20.3 Å². The number of ether oxygens (including phenoxy) is 1. The second-order valence-electron chi connectivity index (χ2n) is 9.99. The Kier molecular flexibility index (Phi) is 6.03. The van der Waals surface area contributed by atoms with E-state index >= 15 is 0 Å². The molecule has 3 aliphatic heterocycles. The Morgan fingerprint density at radius 2 is 2.14 bits per heavy atom. The molecule has 1 aromatic heterocycles. The number of nitrogens with one attached hydrogen (secondary N) is 2. The number of nitriles is 1. The Bertz CT molecular complexity index is 1260. The van der Waals surface area contributed by atoms with Crippen LogP contribution in [0.1, 0.15) is 23.6 Å². The smallest absolute Gasteiger partial charge is 0.101 e. The molecule has 2 fully saturated rings. The monoisotopic (exact) mass is 468 g/mol. The molecular weight excluding hydrogens is 436 g/mol. The second-order valence-corrected chi connectivity index (χ2v) is 9.99. The number of rotatable bonds is 4. The number of hydrogen-bond acceptors (Lipinski definition) is 7. The molecule has 0 spiro atoms. The van der Waals surface area contributed by atoms with Crippen LogP contribution in [0, 0.1) is 11.3 Å². The van der Waals surface area contributed by atoms with E-state index in [0.717, 1.165) is 63.2 Å². The lowest BCUT2D eigenvalue weighted by molar-refractivity contribution is 0.0372. The van der Waals surface area contributed by atoms with E-state index in [1.165, 1.54) is 22.5 Å². The number of fused-ring (bicyclic) bond motifs is 3. The summed E-state index contributed by atoms with van der Waals surface area (Å²) in [6.07, 6.45) is 3.05. The maximum absolute atomic E-state index is 9.52. The highest BCUT2D eigenvalue weighted by molar-refractivity contribution is 5.95. The topological polar surface area (TPSA) is 76.5 Å². The largest absolute Gasteiger partial charge is 0.382 e. The van der Waals surface area contributed by atoms with Gasteiger partial charge in [0.15, 0.2) is 0 Å². The first-order chi connectivity index (χ1) is 17.2. The zero-order chi connectivity index (χ0) is 23.8. The fourth-order valence-corrected chi connectivity index (χ4v) is 5.92. The maximum Gasteiger partial charge on any atom is 0.101 e. The molecule has 3 atom stereocenters. The van der Waals surface area contributed by atoms with Crippen LogP contribution in [0.25, 0.3) is 10.9 Å². The predicted octanol–water partition coefficient (Wildman–Crippen LogP) is 3.14. The van der Waals surface area contributed by atoms with E-state index in [1.54, 1.807) is 6.20 Å². The molecule has 0 radical (unpaired) electrons. The molecule has 0 amide bonds. The predicted molar refractivity (Wildman–Crippen MR) is 139 cm³/mol. The number of benzene rings is 2. The molecule has 7 nitrogen and oxygen atoms in total. The molecule has 0 bridgehead atoms. The second kappa shape index (κ2) is 9.46. The number of aromatic nitrogens is 1. The van der Waals surface area contributed by atoms with Crippen LogP contribution in [0.15, 0.2) is 48.7 Å². The summed E-state index contributed by atoms with van der Waals surface area (Å²) >= 11 is 0. The van der Waals surface area contributed by atoms with Gasteiger partial charge in [-0.15, -0.1) is 0 Å². The fraction of sp³-hybridized carbons (Fsp3) is 0.429. The summed E-state index contributed by atoms with van der Waals surface area (Å²) in [4.78, 5) is 9.68. The van der Waals surface area contributed by atoms with Crippen LogP contribution in [-0.2, 0) is 17.7 Å². The van der Waals surface area contributed by atoms with E-state index in [9.17, 15) is 5.26 Å². The van der Waals surface area contributed by atoms with Crippen LogP contribution in [0.5, 0.6) is 0 Å². The molecule has 3 aliphatic rings. The van der Waals surface area contributed by atoms with E-state index in [0.29, 0.717) is 17.6 Å². The number of piperazine rings is 1. The Morgan fingerprint density at radius 1 is 1.20 bits per heavy atom.